The van der Waals surface area contributed by atoms with Gasteiger partial charge in [-0.25, -0.2) is 0 Å². The van der Waals surface area contributed by atoms with Gasteiger partial charge in [0, 0.05) is 19.5 Å². The van der Waals surface area contributed by atoms with Gasteiger partial charge in [0.25, 0.3) is 0 Å². The van der Waals surface area contributed by atoms with E-state index in [-0.39, 0.29) is 24.2 Å². The summed E-state index contributed by atoms with van der Waals surface area (Å²) in [5.41, 5.74) is -4.26. The Morgan fingerprint density at radius 1 is 0.578 bits per heavy atom. The minimum atomic E-state index is -1.53. The zero-order valence-electron chi connectivity index (χ0n) is 40.9. The molecule has 1 aliphatic rings. The summed E-state index contributed by atoms with van der Waals surface area (Å²) in [4.78, 5) is 120. The lowest BCUT2D eigenvalue weighted by Crippen LogP contribution is -2.64. The van der Waals surface area contributed by atoms with Gasteiger partial charge in [-0.15, -0.1) is 0 Å². The summed E-state index contributed by atoms with van der Waals surface area (Å²) in [6.07, 6.45) is 11.3. The maximum Gasteiger partial charge on any atom is 0.246 e. The lowest BCUT2D eigenvalue weighted by molar-refractivity contribution is -0.139. The zero-order valence-corrected chi connectivity index (χ0v) is 40.9. The Morgan fingerprint density at radius 3 is 1.77 bits per heavy atom. The minimum Gasteiger partial charge on any atom is -0.354 e. The number of nitrogens with one attached hydrogen (secondary N) is 8. The van der Waals surface area contributed by atoms with Gasteiger partial charge < -0.3 is 47.4 Å². The predicted molar refractivity (Wildman–Crippen MR) is 246 cm³/mol. The number of rotatable bonds is 30. The average Bonchev–Trinajstić information content (AvgIpc) is 3.71. The van der Waals surface area contributed by atoms with E-state index in [1.165, 1.54) is 27.7 Å². The van der Waals surface area contributed by atoms with Gasteiger partial charge in [-0.1, -0.05) is 86.0 Å². The first-order valence-corrected chi connectivity index (χ1v) is 23.6. The largest absolute Gasteiger partial charge is 0.354 e. The van der Waals surface area contributed by atoms with E-state index in [0.717, 1.165) is 57.8 Å². The Kier molecular flexibility index (Phi) is 25.2. The molecule has 3 atom stereocenters. The normalized spacial score (nSPS) is 15.1. The van der Waals surface area contributed by atoms with Gasteiger partial charge in [0.2, 0.25) is 53.2 Å². The number of amides is 9. The molecule has 1 rings (SSSR count). The molecule has 64 heavy (non-hydrogen) atoms. The van der Waals surface area contributed by atoms with Crippen LogP contribution in [0.5, 0.6) is 0 Å². The SMILES string of the molecule is CCCCCCCCC(NC(=O)C1CCCN1C(=O)CCCCC)C(=O)NCC(=O)NC(C)(C)C(=O)NCC(=O)NC(CC(C)C)C(=O)NC(C)(C)C(=O)NC(C)(C)C(=O)NCCC. The number of nitrogens with zero attached hydrogens (tertiary/aromatic N) is 1. The maximum atomic E-state index is 13.5. The number of likely N-dealkylation sites (tertiary alicyclic amines) is 1. The molecule has 18 heteroatoms. The van der Waals surface area contributed by atoms with Gasteiger partial charge >= 0.3 is 0 Å². The first-order chi connectivity index (χ1) is 29.9. The van der Waals surface area contributed by atoms with Gasteiger partial charge in [-0.05, 0) is 86.0 Å². The standard InChI is InChI=1S/C46H83N9O9/c1-12-15-17-18-19-21-23-32(51-40(61)34-24-22-27-55(34)37(58)25-20-16-13-2)38(59)48-30-36(57)52-44(6,7)42(63)49-29-35(56)50-33(28-31(4)5)39(60)53-46(10,11)43(64)54-45(8,9)41(62)47-26-14-3/h31-34H,12-30H2,1-11H3,(H,47,62)(H,48,59)(H,49,63)(H,50,56)(H,51,61)(H,52,57)(H,53,60)(H,54,64). The van der Waals surface area contributed by atoms with Crippen LogP contribution in [0.4, 0.5) is 0 Å². The van der Waals surface area contributed by atoms with Crippen molar-refractivity contribution in [1.29, 1.82) is 0 Å². The molecule has 0 saturated carbocycles. The summed E-state index contributed by atoms with van der Waals surface area (Å²) in [6, 6.07) is -2.66. The Balaban J connectivity index is 2.87. The second kappa shape index (κ2) is 28.2. The van der Waals surface area contributed by atoms with Crippen LogP contribution in [0.2, 0.25) is 0 Å². The molecule has 1 saturated heterocycles. The molecule has 18 nitrogen and oxygen atoms in total. The molecule has 0 aromatic carbocycles. The fourth-order valence-electron chi connectivity index (χ4n) is 7.15. The average molecular weight is 906 g/mol. The quantitative estimate of drug-likeness (QED) is 0.0493. The van der Waals surface area contributed by atoms with E-state index in [2.05, 4.69) is 56.4 Å². The highest BCUT2D eigenvalue weighted by Crippen LogP contribution is 2.20. The Morgan fingerprint density at radius 2 is 1.14 bits per heavy atom. The molecule has 1 aliphatic heterocycles. The molecule has 0 bridgehead atoms. The van der Waals surface area contributed by atoms with Crippen molar-refractivity contribution in [3.63, 3.8) is 0 Å². The molecule has 0 spiro atoms. The van der Waals surface area contributed by atoms with Gasteiger partial charge in [0.1, 0.15) is 34.7 Å². The highest BCUT2D eigenvalue weighted by atomic mass is 16.2. The van der Waals surface area contributed by atoms with E-state index >= 15 is 0 Å². The third-order valence-electron chi connectivity index (χ3n) is 11.1. The second-order valence-electron chi connectivity index (χ2n) is 19.1. The topological polar surface area (TPSA) is 253 Å². The number of carbonyl (C=O) groups is 9. The lowest BCUT2D eigenvalue weighted by Gasteiger charge is -2.33. The molecule has 9 amide bonds. The van der Waals surface area contributed by atoms with Crippen LogP contribution in [-0.2, 0) is 43.2 Å². The van der Waals surface area contributed by atoms with E-state index in [1.54, 1.807) is 18.7 Å². The highest BCUT2D eigenvalue weighted by molar-refractivity contribution is 5.99. The van der Waals surface area contributed by atoms with Gasteiger partial charge in [0.05, 0.1) is 13.1 Å². The molecule has 1 fully saturated rings. The number of hydrogen-bond donors (Lipinski definition) is 8. The second-order valence-corrected chi connectivity index (χ2v) is 19.1. The third-order valence-corrected chi connectivity index (χ3v) is 11.1. The minimum absolute atomic E-state index is 0.0473. The maximum absolute atomic E-state index is 13.5. The Labute approximate surface area is 382 Å². The van der Waals surface area contributed by atoms with Crippen molar-refractivity contribution in [3.05, 3.63) is 0 Å². The predicted octanol–water partition coefficient (Wildman–Crippen LogP) is 2.77. The first-order valence-electron chi connectivity index (χ1n) is 23.6. The first kappa shape index (κ1) is 57.2. The van der Waals surface area contributed by atoms with Crippen molar-refractivity contribution in [2.75, 3.05) is 26.2 Å². The summed E-state index contributed by atoms with van der Waals surface area (Å²) >= 11 is 0. The molecular formula is C46H83N9O9. The van der Waals surface area contributed by atoms with Gasteiger partial charge in [-0.2, -0.15) is 0 Å². The van der Waals surface area contributed by atoms with Crippen molar-refractivity contribution >= 4 is 53.2 Å². The molecule has 8 N–H and O–H groups in total. The summed E-state index contributed by atoms with van der Waals surface area (Å²) in [5, 5.41) is 21.2. The van der Waals surface area contributed by atoms with Crippen LogP contribution in [0, 0.1) is 5.92 Å². The molecule has 0 aromatic heterocycles. The summed E-state index contributed by atoms with van der Waals surface area (Å²) in [6.45, 7) is 18.6. The van der Waals surface area contributed by atoms with Crippen molar-refractivity contribution in [2.45, 2.75) is 207 Å². The molecule has 366 valence electrons. The van der Waals surface area contributed by atoms with E-state index < -0.39 is 89.2 Å². The molecular weight excluding hydrogens is 823 g/mol. The van der Waals surface area contributed by atoms with Crippen LogP contribution in [-0.4, -0.2) is 119 Å². The summed E-state index contributed by atoms with van der Waals surface area (Å²) in [5.74, 6) is -4.79. The van der Waals surface area contributed by atoms with E-state index in [9.17, 15) is 43.2 Å². The molecule has 0 aliphatic carbocycles. The summed E-state index contributed by atoms with van der Waals surface area (Å²) in [7, 11) is 0. The lowest BCUT2D eigenvalue weighted by atomic mass is 9.97. The fourth-order valence-corrected chi connectivity index (χ4v) is 7.15. The van der Waals surface area contributed by atoms with Crippen molar-refractivity contribution < 1.29 is 43.2 Å². The molecule has 0 aromatic rings. The smallest absolute Gasteiger partial charge is 0.246 e. The third kappa shape index (κ3) is 20.8. The number of carbonyl (C=O) groups excluding carboxylic acids is 9. The van der Waals surface area contributed by atoms with Crippen LogP contribution in [0.1, 0.15) is 172 Å². The van der Waals surface area contributed by atoms with E-state index in [4.69, 9.17) is 0 Å². The van der Waals surface area contributed by atoms with Gasteiger partial charge in [0.15, 0.2) is 0 Å². The zero-order chi connectivity index (χ0) is 48.7. The van der Waals surface area contributed by atoms with Crippen molar-refractivity contribution in [3.8, 4) is 0 Å². The van der Waals surface area contributed by atoms with Crippen LogP contribution in [0.25, 0.3) is 0 Å². The van der Waals surface area contributed by atoms with Gasteiger partial charge in [-0.3, -0.25) is 43.2 Å². The van der Waals surface area contributed by atoms with Crippen LogP contribution in [0.3, 0.4) is 0 Å². The number of unbranched alkanes of at least 4 members (excludes halogenated alkanes) is 7. The fraction of sp³-hybridized carbons (Fsp3) is 0.804. The van der Waals surface area contributed by atoms with Crippen molar-refractivity contribution in [1.82, 2.24) is 47.4 Å². The highest BCUT2D eigenvalue weighted by Gasteiger charge is 2.39. The van der Waals surface area contributed by atoms with Crippen LogP contribution in [0.15, 0.2) is 0 Å². The monoisotopic (exact) mass is 906 g/mol. The van der Waals surface area contributed by atoms with E-state index in [1.807, 2.05) is 20.8 Å². The van der Waals surface area contributed by atoms with E-state index in [0.29, 0.717) is 45.2 Å². The van der Waals surface area contributed by atoms with Crippen LogP contribution < -0.4 is 42.5 Å². The molecule has 0 radical (unpaired) electrons. The summed E-state index contributed by atoms with van der Waals surface area (Å²) < 4.78 is 0. The Bertz CT molecular complexity index is 1580. The Hall–Kier alpha value is -4.77. The molecule has 1 heterocycles. The van der Waals surface area contributed by atoms with Crippen LogP contribution >= 0.6 is 0 Å². The van der Waals surface area contributed by atoms with Crippen molar-refractivity contribution in [2.24, 2.45) is 5.92 Å². The molecule has 3 unspecified atom stereocenters. The number of hydrogen-bond acceptors (Lipinski definition) is 9.